The topological polar surface area (TPSA) is 87.2 Å². The standard InChI is InChI=1S/C26H26ClN3O4S/c1-19(17-26(31)32)30(35(33)34)29-15-13-28(14-16-29)23-11-8-20(9-12-23)5-6-21-7-10-22-3-2-4-25(27)24(22)18-21/h2-4,7-12,18-19H,13-17H2,1H3,(H,31,32)(H,33,34)/p-1. The predicted octanol–water partition coefficient (Wildman–Crippen LogP) is 3.89. The van der Waals surface area contributed by atoms with E-state index in [1.54, 1.807) is 11.9 Å². The van der Waals surface area contributed by atoms with Crippen LogP contribution in [0, 0.1) is 11.8 Å². The minimum atomic E-state index is -2.53. The highest BCUT2D eigenvalue weighted by atomic mass is 35.5. The molecule has 3 aromatic rings. The van der Waals surface area contributed by atoms with Crippen molar-refractivity contribution in [2.75, 3.05) is 31.1 Å². The normalized spacial score (nSPS) is 16.1. The summed E-state index contributed by atoms with van der Waals surface area (Å²) >= 11 is 3.77. The van der Waals surface area contributed by atoms with Crippen molar-refractivity contribution in [1.29, 1.82) is 0 Å². The Kier molecular flexibility index (Phi) is 8.06. The molecule has 0 aromatic heterocycles. The summed E-state index contributed by atoms with van der Waals surface area (Å²) in [5.74, 6) is 5.36. The van der Waals surface area contributed by atoms with Gasteiger partial charge in [-0.05, 0) is 54.8 Å². The van der Waals surface area contributed by atoms with E-state index >= 15 is 0 Å². The molecule has 0 radical (unpaired) electrons. The fourth-order valence-corrected chi connectivity index (χ4v) is 5.17. The molecule has 1 aliphatic rings. The van der Waals surface area contributed by atoms with E-state index in [-0.39, 0.29) is 6.42 Å². The van der Waals surface area contributed by atoms with Gasteiger partial charge in [-0.3, -0.25) is 9.00 Å². The molecule has 3 aromatic carbocycles. The Morgan fingerprint density at radius 2 is 1.74 bits per heavy atom. The summed E-state index contributed by atoms with van der Waals surface area (Å²) in [6.07, 6.45) is -0.247. The molecule has 1 N–H and O–H groups in total. The highest BCUT2D eigenvalue weighted by molar-refractivity contribution is 7.76. The zero-order valence-electron chi connectivity index (χ0n) is 19.2. The SMILES string of the molecule is CC(CC(=O)O)N(N1CCN(c2ccc(C#Cc3ccc4cccc(Cl)c4c3)cc2)CC1)S(=O)[O-]. The molecule has 7 nitrogen and oxygen atoms in total. The lowest BCUT2D eigenvalue weighted by molar-refractivity contribution is -0.139. The van der Waals surface area contributed by atoms with Crippen LogP contribution in [0.1, 0.15) is 24.5 Å². The van der Waals surface area contributed by atoms with Gasteiger partial charge in [-0.25, -0.2) is 5.01 Å². The maximum absolute atomic E-state index is 11.7. The van der Waals surface area contributed by atoms with Gasteiger partial charge in [0.05, 0.1) is 6.42 Å². The fraction of sp³-hybridized carbons (Fsp3) is 0.269. The molecule has 35 heavy (non-hydrogen) atoms. The molecule has 2 atom stereocenters. The van der Waals surface area contributed by atoms with Gasteiger partial charge in [0.25, 0.3) is 0 Å². The minimum Gasteiger partial charge on any atom is -0.759 e. The third-order valence-electron chi connectivity index (χ3n) is 5.95. The van der Waals surface area contributed by atoms with Crippen LogP contribution in [0.5, 0.6) is 0 Å². The molecule has 0 spiro atoms. The number of anilines is 1. The molecule has 182 valence electrons. The number of carboxylic acids is 1. The van der Waals surface area contributed by atoms with Crippen molar-refractivity contribution in [3.63, 3.8) is 0 Å². The average Bonchev–Trinajstić information content (AvgIpc) is 2.83. The molecule has 0 aliphatic carbocycles. The van der Waals surface area contributed by atoms with Gasteiger partial charge in [0, 0.05) is 70.7 Å². The van der Waals surface area contributed by atoms with Crippen LogP contribution in [-0.4, -0.2) is 61.5 Å². The molecule has 0 bridgehead atoms. The highest BCUT2D eigenvalue weighted by Crippen LogP contribution is 2.24. The van der Waals surface area contributed by atoms with Crippen LogP contribution in [-0.2, 0) is 16.1 Å². The van der Waals surface area contributed by atoms with Gasteiger partial charge in [0.2, 0.25) is 0 Å². The summed E-state index contributed by atoms with van der Waals surface area (Å²) in [7, 11) is 0. The molecule has 9 heteroatoms. The second-order valence-electron chi connectivity index (χ2n) is 8.38. The first-order valence-corrected chi connectivity index (χ1v) is 12.6. The van der Waals surface area contributed by atoms with Gasteiger partial charge in [0.15, 0.2) is 0 Å². The summed E-state index contributed by atoms with van der Waals surface area (Å²) in [6, 6.07) is 19.1. The molecule has 0 saturated carbocycles. The monoisotopic (exact) mass is 510 g/mol. The molecule has 4 rings (SSSR count). The first kappa shape index (κ1) is 25.2. The van der Waals surface area contributed by atoms with Crippen LogP contribution in [0.25, 0.3) is 10.8 Å². The van der Waals surface area contributed by atoms with E-state index < -0.39 is 23.3 Å². The average molecular weight is 511 g/mol. The van der Waals surface area contributed by atoms with Crippen molar-refractivity contribution >= 4 is 45.3 Å². The summed E-state index contributed by atoms with van der Waals surface area (Å²) in [5.41, 5.74) is 2.81. The van der Waals surface area contributed by atoms with Gasteiger partial charge in [-0.2, -0.15) is 4.41 Å². The summed E-state index contributed by atoms with van der Waals surface area (Å²) < 4.78 is 24.6. The lowest BCUT2D eigenvalue weighted by atomic mass is 10.1. The number of hydrazine groups is 1. The Labute approximate surface area is 212 Å². The predicted molar refractivity (Wildman–Crippen MR) is 138 cm³/mol. The minimum absolute atomic E-state index is 0.247. The fourth-order valence-electron chi connectivity index (χ4n) is 4.21. The number of fused-ring (bicyclic) bond motifs is 1. The number of hydrogen-bond acceptors (Lipinski definition) is 5. The van der Waals surface area contributed by atoms with Gasteiger partial charge < -0.3 is 14.6 Å². The van der Waals surface area contributed by atoms with Crippen molar-refractivity contribution in [2.45, 2.75) is 19.4 Å². The van der Waals surface area contributed by atoms with Crippen molar-refractivity contribution in [2.24, 2.45) is 0 Å². The van der Waals surface area contributed by atoms with Crippen molar-refractivity contribution in [3.8, 4) is 11.8 Å². The Balaban J connectivity index is 1.39. The summed E-state index contributed by atoms with van der Waals surface area (Å²) in [4.78, 5) is 13.2. The molecular weight excluding hydrogens is 486 g/mol. The van der Waals surface area contributed by atoms with Gasteiger partial charge >= 0.3 is 5.97 Å². The number of aliphatic carboxylic acids is 1. The molecular formula is C26H25ClN3O4S-. The summed E-state index contributed by atoms with van der Waals surface area (Å²) in [6.45, 7) is 3.79. The first-order valence-electron chi connectivity index (χ1n) is 11.2. The molecule has 1 aliphatic heterocycles. The number of halogens is 1. The summed E-state index contributed by atoms with van der Waals surface area (Å²) in [5, 5.41) is 13.5. The van der Waals surface area contributed by atoms with E-state index in [1.165, 1.54) is 0 Å². The van der Waals surface area contributed by atoms with Crippen LogP contribution in [0.3, 0.4) is 0 Å². The van der Waals surface area contributed by atoms with E-state index in [2.05, 4.69) is 16.7 Å². The van der Waals surface area contributed by atoms with Crippen LogP contribution >= 0.6 is 11.6 Å². The third-order valence-corrected chi connectivity index (χ3v) is 7.17. The van der Waals surface area contributed by atoms with E-state index in [4.69, 9.17) is 16.7 Å². The number of nitrogens with zero attached hydrogens (tertiary/aromatic N) is 3. The van der Waals surface area contributed by atoms with E-state index in [9.17, 15) is 13.6 Å². The third kappa shape index (κ3) is 6.20. The second-order valence-corrected chi connectivity index (χ2v) is 9.60. The number of carboxylic acid groups (broad SMARTS) is 1. The Morgan fingerprint density at radius 3 is 2.40 bits per heavy atom. The van der Waals surface area contributed by atoms with Crippen LogP contribution < -0.4 is 4.90 Å². The number of benzene rings is 3. The van der Waals surface area contributed by atoms with Gasteiger partial charge in [0.1, 0.15) is 0 Å². The Morgan fingerprint density at radius 1 is 1.09 bits per heavy atom. The Bertz CT molecular complexity index is 1300. The number of carbonyl (C=O) groups is 1. The van der Waals surface area contributed by atoms with Crippen LogP contribution in [0.2, 0.25) is 5.02 Å². The van der Waals surface area contributed by atoms with E-state index in [0.29, 0.717) is 31.2 Å². The maximum Gasteiger partial charge on any atom is 0.305 e. The second kappa shape index (κ2) is 11.2. The number of rotatable bonds is 6. The number of piperazine rings is 1. The molecule has 0 amide bonds. The van der Waals surface area contributed by atoms with Crippen molar-refractivity contribution < 1.29 is 18.7 Å². The lowest BCUT2D eigenvalue weighted by Crippen LogP contribution is -2.57. The molecule has 1 heterocycles. The molecule has 2 unspecified atom stereocenters. The number of hydrogen-bond donors (Lipinski definition) is 1. The zero-order chi connectivity index (χ0) is 24.9. The van der Waals surface area contributed by atoms with E-state index in [1.807, 2.05) is 60.7 Å². The lowest BCUT2D eigenvalue weighted by Gasteiger charge is -2.44. The van der Waals surface area contributed by atoms with Gasteiger partial charge in [-0.15, -0.1) is 0 Å². The Hall–Kier alpha value is -2.93. The van der Waals surface area contributed by atoms with E-state index in [0.717, 1.165) is 32.0 Å². The zero-order valence-corrected chi connectivity index (χ0v) is 20.8. The van der Waals surface area contributed by atoms with Crippen molar-refractivity contribution in [3.05, 3.63) is 76.8 Å². The van der Waals surface area contributed by atoms with Crippen LogP contribution in [0.15, 0.2) is 60.7 Å². The first-order chi connectivity index (χ1) is 16.8. The highest BCUT2D eigenvalue weighted by Gasteiger charge is 2.27. The van der Waals surface area contributed by atoms with Gasteiger partial charge in [-0.1, -0.05) is 41.6 Å². The largest absolute Gasteiger partial charge is 0.759 e. The quantitative estimate of drug-likeness (QED) is 0.400. The van der Waals surface area contributed by atoms with Crippen molar-refractivity contribution in [1.82, 2.24) is 9.42 Å². The molecule has 1 fully saturated rings. The smallest absolute Gasteiger partial charge is 0.305 e. The molecule has 1 saturated heterocycles. The maximum atomic E-state index is 11.7. The van der Waals surface area contributed by atoms with Crippen LogP contribution in [0.4, 0.5) is 5.69 Å².